The third-order valence-electron chi connectivity index (χ3n) is 5.04. The zero-order chi connectivity index (χ0) is 18.9. The van der Waals surface area contributed by atoms with Gasteiger partial charge in [-0.05, 0) is 19.4 Å². The number of hydrogen-bond acceptors (Lipinski definition) is 10. The summed E-state index contributed by atoms with van der Waals surface area (Å²) in [4.78, 5) is 16.1. The van der Waals surface area contributed by atoms with Crippen LogP contribution in [0, 0.1) is 0 Å². The Labute approximate surface area is 150 Å². The van der Waals surface area contributed by atoms with Gasteiger partial charge in [-0.25, -0.2) is 14.4 Å². The topological polar surface area (TPSA) is 196 Å². The molecule has 3 aliphatic heterocycles. The molecule has 0 saturated carbocycles. The molecule has 12 nitrogen and oxygen atoms in total. The van der Waals surface area contributed by atoms with Crippen molar-refractivity contribution in [3.63, 3.8) is 0 Å². The Kier molecular flexibility index (Phi) is 4.82. The predicted octanol–water partition coefficient (Wildman–Crippen LogP) is -4.18. The van der Waals surface area contributed by atoms with E-state index in [1.165, 1.54) is 0 Å². The number of hydrogen-bond donors (Lipinski definition) is 8. The fourth-order valence-corrected chi connectivity index (χ4v) is 3.81. The van der Waals surface area contributed by atoms with Gasteiger partial charge in [0.05, 0.1) is 6.54 Å². The zero-order valence-electron chi connectivity index (χ0n) is 14.4. The highest BCUT2D eigenvalue weighted by Gasteiger charge is 2.71. The second-order valence-corrected chi connectivity index (χ2v) is 6.73. The van der Waals surface area contributed by atoms with E-state index in [2.05, 4.69) is 20.9 Å². The first kappa shape index (κ1) is 18.5. The van der Waals surface area contributed by atoms with Crippen LogP contribution in [0.4, 0.5) is 4.79 Å². The van der Waals surface area contributed by atoms with Gasteiger partial charge in [-0.2, -0.15) is 0 Å². The van der Waals surface area contributed by atoms with Crippen molar-refractivity contribution in [2.24, 2.45) is 22.2 Å². The van der Waals surface area contributed by atoms with Crippen LogP contribution >= 0.6 is 0 Å². The van der Waals surface area contributed by atoms with Crippen molar-refractivity contribution in [1.29, 1.82) is 0 Å². The lowest BCUT2D eigenvalue weighted by Crippen LogP contribution is -2.77. The first-order valence-electron chi connectivity index (χ1n) is 8.65. The van der Waals surface area contributed by atoms with E-state index >= 15 is 0 Å². The molecule has 11 N–H and O–H groups in total. The lowest BCUT2D eigenvalue weighted by Gasteiger charge is -2.42. The van der Waals surface area contributed by atoms with Crippen molar-refractivity contribution in [1.82, 2.24) is 16.0 Å². The number of nitrogens with two attached hydrogens (primary N) is 3. The molecule has 0 radical (unpaired) electrons. The van der Waals surface area contributed by atoms with Crippen LogP contribution in [-0.4, -0.2) is 82.6 Å². The summed E-state index contributed by atoms with van der Waals surface area (Å²) in [5.74, 6) is -1.79. The van der Waals surface area contributed by atoms with E-state index in [0.29, 0.717) is 19.6 Å². The van der Waals surface area contributed by atoms with Crippen molar-refractivity contribution in [2.75, 3.05) is 26.2 Å². The van der Waals surface area contributed by atoms with Gasteiger partial charge in [0, 0.05) is 13.0 Å². The number of aliphatic hydroxyl groups is 2. The summed E-state index contributed by atoms with van der Waals surface area (Å²) in [6, 6.07) is -1.29. The van der Waals surface area contributed by atoms with Crippen LogP contribution in [0.3, 0.4) is 0 Å². The predicted molar refractivity (Wildman–Crippen MR) is 91.9 cm³/mol. The van der Waals surface area contributed by atoms with Gasteiger partial charge < -0.3 is 37.1 Å². The maximum atomic E-state index is 11.8. The molecular weight excluding hydrogens is 344 g/mol. The molecule has 0 aromatic heterocycles. The lowest BCUT2D eigenvalue weighted by molar-refractivity contribution is -0.623. The number of carbonyl (C=O) groups excluding carboxylic acids is 1. The molecule has 3 rings (SSSR count). The van der Waals surface area contributed by atoms with Crippen molar-refractivity contribution < 1.29 is 24.3 Å². The normalized spacial score (nSPS) is 31.4. The van der Waals surface area contributed by atoms with Crippen molar-refractivity contribution >= 4 is 18.0 Å². The number of carbonyl (C=O) groups is 1. The van der Waals surface area contributed by atoms with Crippen LogP contribution in [0.1, 0.15) is 19.3 Å². The number of nitrogens with one attached hydrogen (secondary N) is 3. The third-order valence-corrected chi connectivity index (χ3v) is 5.04. The molecule has 3 heterocycles. The average molecular weight is 371 g/mol. The number of aliphatic imine (C=N–C) groups is 1. The van der Waals surface area contributed by atoms with Gasteiger partial charge in [0.25, 0.3) is 0 Å². The summed E-state index contributed by atoms with van der Waals surface area (Å²) in [5.41, 5.74) is 15.9. The number of nitrogens with zero attached hydrogens (tertiary/aromatic N) is 2. The van der Waals surface area contributed by atoms with Crippen LogP contribution in [-0.2, 0) is 4.74 Å². The van der Waals surface area contributed by atoms with E-state index in [1.807, 2.05) is 0 Å². The van der Waals surface area contributed by atoms with Crippen molar-refractivity contribution in [2.45, 2.75) is 42.8 Å². The summed E-state index contributed by atoms with van der Waals surface area (Å²) in [5, 5.41) is 29.6. The minimum Gasteiger partial charge on any atom is -0.446 e. The molecule has 1 saturated heterocycles. The minimum atomic E-state index is -2.10. The highest BCUT2D eigenvalue weighted by Crippen LogP contribution is 2.40. The molecule has 146 valence electrons. The van der Waals surface area contributed by atoms with Crippen molar-refractivity contribution in [3.8, 4) is 0 Å². The molecule has 12 heteroatoms. The van der Waals surface area contributed by atoms with Gasteiger partial charge in [0.1, 0.15) is 12.6 Å². The third kappa shape index (κ3) is 2.89. The molecule has 26 heavy (non-hydrogen) atoms. The van der Waals surface area contributed by atoms with E-state index in [4.69, 9.17) is 21.9 Å². The van der Waals surface area contributed by atoms with Gasteiger partial charge in [-0.3, -0.25) is 11.1 Å². The van der Waals surface area contributed by atoms with Crippen LogP contribution < -0.4 is 33.2 Å². The van der Waals surface area contributed by atoms with Gasteiger partial charge in [-0.1, -0.05) is 0 Å². The van der Waals surface area contributed by atoms with E-state index < -0.39 is 29.6 Å². The highest BCUT2D eigenvalue weighted by atomic mass is 16.5. The monoisotopic (exact) mass is 371 g/mol. The number of unbranched alkanes of at least 4 members (excludes halogenated alkanes) is 1. The average Bonchev–Trinajstić information content (AvgIpc) is 3.07. The maximum Gasteiger partial charge on any atom is 0.407 e. The van der Waals surface area contributed by atoms with Crippen LogP contribution in [0.15, 0.2) is 4.99 Å². The van der Waals surface area contributed by atoms with Crippen LogP contribution in [0.25, 0.3) is 0 Å². The van der Waals surface area contributed by atoms with E-state index in [9.17, 15) is 15.0 Å². The van der Waals surface area contributed by atoms with E-state index in [-0.39, 0.29) is 24.9 Å². The van der Waals surface area contributed by atoms with E-state index in [0.717, 1.165) is 12.8 Å². The molecule has 0 bridgehead atoms. The number of guanidine groups is 2. The second kappa shape index (κ2) is 6.78. The molecule has 1 spiro atoms. The molecule has 3 aliphatic rings. The smallest absolute Gasteiger partial charge is 0.407 e. The van der Waals surface area contributed by atoms with Crippen LogP contribution in [0.5, 0.6) is 0 Å². The Hall–Kier alpha value is -2.31. The molecule has 0 aliphatic carbocycles. The van der Waals surface area contributed by atoms with Gasteiger partial charge in [0.2, 0.25) is 11.4 Å². The molecule has 1 fully saturated rings. The number of amides is 1. The summed E-state index contributed by atoms with van der Waals surface area (Å²) in [6.45, 7) is 1.27. The first-order valence-corrected chi connectivity index (χ1v) is 8.65. The Morgan fingerprint density at radius 3 is 2.92 bits per heavy atom. The molecule has 3 atom stereocenters. The molecule has 3 unspecified atom stereocenters. The highest BCUT2D eigenvalue weighted by molar-refractivity contribution is 5.83. The number of rotatable bonds is 6. The number of alkyl carbamates (subject to hydrolysis) is 1. The molecule has 1 amide bonds. The van der Waals surface area contributed by atoms with Gasteiger partial charge in [0.15, 0.2) is 12.0 Å². The molecule has 0 aromatic rings. The Morgan fingerprint density at radius 2 is 2.19 bits per heavy atom. The second-order valence-electron chi connectivity index (χ2n) is 6.73. The van der Waals surface area contributed by atoms with Crippen LogP contribution in [0.2, 0.25) is 0 Å². The van der Waals surface area contributed by atoms with E-state index in [1.54, 1.807) is 4.58 Å². The Bertz CT molecular complexity index is 636. The quantitative estimate of drug-likeness (QED) is 0.130. The summed E-state index contributed by atoms with van der Waals surface area (Å²) in [7, 11) is 0. The summed E-state index contributed by atoms with van der Waals surface area (Å²) >= 11 is 0. The SMILES string of the molecule is NCCCCNC(=O)OCC1NC(N)=[N+]2CCC(O)(O)C23NC(N)=NC13. The van der Waals surface area contributed by atoms with Gasteiger partial charge >= 0.3 is 12.1 Å². The summed E-state index contributed by atoms with van der Waals surface area (Å²) < 4.78 is 6.84. The minimum absolute atomic E-state index is 0.0664. The lowest BCUT2D eigenvalue weighted by atomic mass is 9.87. The summed E-state index contributed by atoms with van der Waals surface area (Å²) in [6.07, 6.45) is 1.06. The largest absolute Gasteiger partial charge is 0.446 e. The standard InChI is InChI=1S/C14H26N8O4/c15-4-1-2-5-18-12(23)26-7-8-9-14(21-10(16)20-9)13(24,25)3-6-22(14)11(17)19-8/h8-9,24-25H,1-7,15H2,(H6,16,17,18,19,20,21,23)/p+1. The maximum absolute atomic E-state index is 11.8. The van der Waals surface area contributed by atoms with Gasteiger partial charge in [-0.15, -0.1) is 0 Å². The molecule has 0 aromatic carbocycles. The Balaban J connectivity index is 1.69. The first-order chi connectivity index (χ1) is 12.3. The zero-order valence-corrected chi connectivity index (χ0v) is 14.4. The molecular formula is C14H27N8O4+. The fraction of sp³-hybridized carbons (Fsp3) is 0.786. The number of ether oxygens (including phenoxy) is 1. The Morgan fingerprint density at radius 1 is 1.42 bits per heavy atom. The van der Waals surface area contributed by atoms with Crippen molar-refractivity contribution in [3.05, 3.63) is 0 Å². The fourth-order valence-electron chi connectivity index (χ4n) is 3.81.